The van der Waals surface area contributed by atoms with Crippen LogP contribution in [0.4, 0.5) is 10.2 Å². The second kappa shape index (κ2) is 7.60. The highest BCUT2D eigenvalue weighted by molar-refractivity contribution is 5.86. The van der Waals surface area contributed by atoms with Gasteiger partial charge in [0.2, 0.25) is 0 Å². The van der Waals surface area contributed by atoms with Crippen LogP contribution >= 0.6 is 0 Å². The van der Waals surface area contributed by atoms with Crippen LogP contribution in [-0.2, 0) is 0 Å². The van der Waals surface area contributed by atoms with Gasteiger partial charge < -0.3 is 5.73 Å². The number of aryl methyl sites for hydroxylation is 1. The summed E-state index contributed by atoms with van der Waals surface area (Å²) in [7, 11) is 0. The van der Waals surface area contributed by atoms with E-state index in [9.17, 15) is 4.39 Å². The van der Waals surface area contributed by atoms with Crippen molar-refractivity contribution in [1.82, 2.24) is 4.98 Å². The second-order valence-electron chi connectivity index (χ2n) is 2.94. The molecule has 0 radical (unpaired) electrons. The van der Waals surface area contributed by atoms with E-state index in [0.717, 1.165) is 11.1 Å². The van der Waals surface area contributed by atoms with Crippen LogP contribution in [0.3, 0.4) is 0 Å². The van der Waals surface area contributed by atoms with E-state index < -0.39 is 5.82 Å². The fourth-order valence-corrected chi connectivity index (χ4v) is 1.42. The van der Waals surface area contributed by atoms with Gasteiger partial charge in [-0.1, -0.05) is 52.0 Å². The number of rotatable bonds is 0. The van der Waals surface area contributed by atoms with E-state index in [0.29, 0.717) is 5.39 Å². The first kappa shape index (κ1) is 15.4. The van der Waals surface area contributed by atoms with E-state index >= 15 is 0 Å². The molecule has 2 nitrogen and oxygen atoms in total. The van der Waals surface area contributed by atoms with Gasteiger partial charge in [0, 0.05) is 16.5 Å². The third-order valence-electron chi connectivity index (χ3n) is 2.07. The zero-order valence-corrected chi connectivity index (χ0v) is 11.2. The molecule has 0 unspecified atom stereocenters. The minimum absolute atomic E-state index is 0.0313. The van der Waals surface area contributed by atoms with Crippen molar-refractivity contribution in [1.29, 1.82) is 0 Å². The molecule has 1 heterocycles. The summed E-state index contributed by atoms with van der Waals surface area (Å²) in [6.07, 6.45) is 0. The molecule has 2 aromatic rings. The van der Waals surface area contributed by atoms with Gasteiger partial charge in [0.05, 0.1) is 0 Å². The molecule has 0 saturated heterocycles. The second-order valence-corrected chi connectivity index (χ2v) is 2.94. The summed E-state index contributed by atoms with van der Waals surface area (Å²) in [6.45, 7) is 9.82. The minimum Gasteiger partial charge on any atom is -0.381 e. The lowest BCUT2D eigenvalue weighted by Crippen LogP contribution is -1.98. The van der Waals surface area contributed by atoms with Crippen molar-refractivity contribution < 1.29 is 4.39 Å². The van der Waals surface area contributed by atoms with E-state index in [1.165, 1.54) is 0 Å². The van der Waals surface area contributed by atoms with Crippen LogP contribution in [0.5, 0.6) is 0 Å². The van der Waals surface area contributed by atoms with Crippen LogP contribution in [-0.4, -0.2) is 4.98 Å². The Bertz CT molecular complexity index is 467. The molecule has 94 valence electrons. The maximum atomic E-state index is 13.4. The molecule has 0 spiro atoms. The van der Waals surface area contributed by atoms with Crippen molar-refractivity contribution >= 4 is 16.6 Å². The Kier molecular flexibility index (Phi) is 6.87. The Morgan fingerprint density at radius 3 is 2.00 bits per heavy atom. The number of nitrogens with zero attached hydrogens (tertiary/aromatic N) is 1. The largest absolute Gasteiger partial charge is 0.381 e. The normalized spacial score (nSPS) is 8.82. The summed E-state index contributed by atoms with van der Waals surface area (Å²) >= 11 is 0. The van der Waals surface area contributed by atoms with E-state index in [2.05, 4.69) is 4.98 Å². The predicted molar refractivity (Wildman–Crippen MR) is 73.5 cm³/mol. The third kappa shape index (κ3) is 3.41. The van der Waals surface area contributed by atoms with Gasteiger partial charge in [0.25, 0.3) is 0 Å². The van der Waals surface area contributed by atoms with Crippen molar-refractivity contribution in [2.75, 3.05) is 5.73 Å². The van der Waals surface area contributed by atoms with Crippen LogP contribution in [0, 0.1) is 12.7 Å². The van der Waals surface area contributed by atoms with Gasteiger partial charge in [0.15, 0.2) is 11.6 Å². The van der Waals surface area contributed by atoms with E-state index in [-0.39, 0.29) is 5.82 Å². The number of hydrogen-bond acceptors (Lipinski definition) is 2. The first-order valence-electron chi connectivity index (χ1n) is 6.00. The predicted octanol–water partition coefficient (Wildman–Crippen LogP) is 4.32. The van der Waals surface area contributed by atoms with E-state index in [1.807, 2.05) is 46.8 Å². The van der Waals surface area contributed by atoms with Crippen LogP contribution in [0.1, 0.15) is 33.4 Å². The van der Waals surface area contributed by atoms with Crippen LogP contribution in [0.25, 0.3) is 10.8 Å². The van der Waals surface area contributed by atoms with Crippen molar-refractivity contribution in [3.63, 3.8) is 0 Å². The number of nitrogen functional groups attached to an aromatic ring is 1. The van der Waals surface area contributed by atoms with Gasteiger partial charge in [0.1, 0.15) is 0 Å². The van der Waals surface area contributed by atoms with Gasteiger partial charge >= 0.3 is 0 Å². The molecule has 0 atom stereocenters. The van der Waals surface area contributed by atoms with Gasteiger partial charge in [-0.3, -0.25) is 0 Å². The molecule has 0 aliphatic carbocycles. The summed E-state index contributed by atoms with van der Waals surface area (Å²) in [5.41, 5.74) is 6.16. The molecule has 0 aliphatic heterocycles. The maximum absolute atomic E-state index is 13.4. The number of fused-ring (bicyclic) bond motifs is 1. The number of pyridine rings is 1. The first-order valence-corrected chi connectivity index (χ1v) is 6.00. The van der Waals surface area contributed by atoms with Gasteiger partial charge in [-0.15, -0.1) is 0 Å². The highest BCUT2D eigenvalue weighted by atomic mass is 19.1. The number of benzene rings is 1. The standard InChI is InChI=1S/C10H9FN2.2C2H6/c1-6-7-4-2-3-5-8(7)9(11)10(12)13-6;2*1-2/h2-5H,1H3,(H2,12,13);2*1-2H3. The zero-order valence-electron chi connectivity index (χ0n) is 11.2. The SMILES string of the molecule is CC.CC.Cc1nc(N)c(F)c2ccccc12. The summed E-state index contributed by atoms with van der Waals surface area (Å²) in [5, 5.41) is 1.35. The highest BCUT2D eigenvalue weighted by Crippen LogP contribution is 2.22. The number of anilines is 1. The quantitative estimate of drug-likeness (QED) is 0.740. The van der Waals surface area contributed by atoms with Crippen molar-refractivity contribution in [3.05, 3.63) is 35.8 Å². The van der Waals surface area contributed by atoms with Gasteiger partial charge in [-0.25, -0.2) is 9.37 Å². The minimum atomic E-state index is -0.429. The Hall–Kier alpha value is -1.64. The molecular weight excluding hydrogens is 215 g/mol. The monoisotopic (exact) mass is 236 g/mol. The number of hydrogen-bond donors (Lipinski definition) is 1. The number of aromatic nitrogens is 1. The Morgan fingerprint density at radius 2 is 1.47 bits per heavy atom. The van der Waals surface area contributed by atoms with Crippen LogP contribution in [0.2, 0.25) is 0 Å². The van der Waals surface area contributed by atoms with Crippen molar-refractivity contribution in [3.8, 4) is 0 Å². The van der Waals surface area contributed by atoms with Gasteiger partial charge in [-0.05, 0) is 6.92 Å². The average Bonchev–Trinajstić information content (AvgIpc) is 2.41. The van der Waals surface area contributed by atoms with E-state index in [4.69, 9.17) is 5.73 Å². The molecule has 0 aliphatic rings. The number of nitrogens with two attached hydrogens (primary N) is 1. The van der Waals surface area contributed by atoms with Crippen molar-refractivity contribution in [2.24, 2.45) is 0 Å². The molecule has 17 heavy (non-hydrogen) atoms. The molecule has 2 N–H and O–H groups in total. The average molecular weight is 236 g/mol. The molecule has 1 aromatic heterocycles. The molecule has 0 fully saturated rings. The molecule has 0 bridgehead atoms. The topological polar surface area (TPSA) is 38.9 Å². The lowest BCUT2D eigenvalue weighted by atomic mass is 10.1. The van der Waals surface area contributed by atoms with E-state index in [1.54, 1.807) is 12.1 Å². The van der Waals surface area contributed by atoms with Gasteiger partial charge in [-0.2, -0.15) is 0 Å². The fourth-order valence-electron chi connectivity index (χ4n) is 1.42. The van der Waals surface area contributed by atoms with Crippen LogP contribution in [0.15, 0.2) is 24.3 Å². The lowest BCUT2D eigenvalue weighted by molar-refractivity contribution is 0.639. The summed E-state index contributed by atoms with van der Waals surface area (Å²) in [6, 6.07) is 7.17. The Balaban J connectivity index is 0.000000581. The Labute approximate surface area is 103 Å². The molecular formula is C14H21FN2. The molecule has 0 saturated carbocycles. The fraction of sp³-hybridized carbons (Fsp3) is 0.357. The highest BCUT2D eigenvalue weighted by Gasteiger charge is 2.07. The molecule has 3 heteroatoms. The molecule has 1 aromatic carbocycles. The summed E-state index contributed by atoms with van der Waals surface area (Å²) < 4.78 is 13.4. The van der Waals surface area contributed by atoms with Crippen LogP contribution < -0.4 is 5.73 Å². The van der Waals surface area contributed by atoms with Crippen molar-refractivity contribution in [2.45, 2.75) is 34.6 Å². The molecule has 2 rings (SSSR count). The Morgan fingerprint density at radius 1 is 1.00 bits per heavy atom. The smallest absolute Gasteiger partial charge is 0.173 e. The summed E-state index contributed by atoms with van der Waals surface area (Å²) in [5.74, 6) is -0.461. The zero-order chi connectivity index (χ0) is 13.4. The first-order chi connectivity index (χ1) is 8.20. The molecule has 0 amide bonds. The maximum Gasteiger partial charge on any atom is 0.173 e. The lowest BCUT2D eigenvalue weighted by Gasteiger charge is -2.04. The number of halogens is 1. The third-order valence-corrected chi connectivity index (χ3v) is 2.07. The summed E-state index contributed by atoms with van der Waals surface area (Å²) in [4.78, 5) is 3.90.